The fourth-order valence-corrected chi connectivity index (χ4v) is 3.90. The van der Waals surface area contributed by atoms with Crippen LogP contribution in [0, 0.1) is 6.92 Å². The number of carbonyl (C=O) groups excluding carboxylic acids is 6. The smallest absolute Gasteiger partial charge is 0.349 e. The maximum absolute atomic E-state index is 13.3. The maximum atomic E-state index is 13.3. The number of ether oxygens (including phenoxy) is 6. The summed E-state index contributed by atoms with van der Waals surface area (Å²) in [6.45, 7) is 4.07. The lowest BCUT2D eigenvalue weighted by Crippen LogP contribution is -2.54. The molecular weight excluding hydrogens is 636 g/mol. The van der Waals surface area contributed by atoms with Crippen molar-refractivity contribution in [1.82, 2.24) is 10.9 Å². The second-order valence-electron chi connectivity index (χ2n) is 9.72. The quantitative estimate of drug-likeness (QED) is 0.143. The van der Waals surface area contributed by atoms with E-state index in [1.807, 2.05) is 5.43 Å². The standard InChI is InChI=1S/C32H30N2O14/c1-16-6-8-19(9-7-16)28(37)33-34-29(38)26(47-31(41)20-10-12-22(45-17(2)35)24(14-20)43-4)27(30(39)40)48-32(42)21-11-13-23(46-18(3)36)25(15-21)44-5/h6-15,26-27H,1-5H3,(H,33,37)(H,34,38)(H,39,40)/t26-,27+/m1/s1. The molecule has 0 radical (unpaired) electrons. The van der Waals surface area contributed by atoms with E-state index < -0.39 is 53.9 Å². The molecule has 16 nitrogen and oxygen atoms in total. The zero-order valence-corrected chi connectivity index (χ0v) is 26.2. The Morgan fingerprint density at radius 2 is 1.04 bits per heavy atom. The highest BCUT2D eigenvalue weighted by molar-refractivity contribution is 5.99. The van der Waals surface area contributed by atoms with Crippen molar-refractivity contribution in [1.29, 1.82) is 0 Å². The van der Waals surface area contributed by atoms with Crippen LogP contribution < -0.4 is 29.8 Å². The highest BCUT2D eigenvalue weighted by Gasteiger charge is 2.41. The summed E-state index contributed by atoms with van der Waals surface area (Å²) in [7, 11) is 2.44. The topological polar surface area (TPSA) is 219 Å². The Morgan fingerprint density at radius 1 is 0.604 bits per heavy atom. The second kappa shape index (κ2) is 16.2. The van der Waals surface area contributed by atoms with Gasteiger partial charge in [-0.25, -0.2) is 14.4 Å². The lowest BCUT2D eigenvalue weighted by Gasteiger charge is -2.24. The van der Waals surface area contributed by atoms with E-state index in [1.54, 1.807) is 19.1 Å². The van der Waals surface area contributed by atoms with Crippen LogP contribution in [0.2, 0.25) is 0 Å². The number of rotatable bonds is 12. The van der Waals surface area contributed by atoms with Crippen LogP contribution in [0.1, 0.15) is 50.5 Å². The van der Waals surface area contributed by atoms with Gasteiger partial charge in [-0.2, -0.15) is 0 Å². The summed E-state index contributed by atoms with van der Waals surface area (Å²) >= 11 is 0. The van der Waals surface area contributed by atoms with Gasteiger partial charge in [0.25, 0.3) is 11.8 Å². The van der Waals surface area contributed by atoms with Crippen LogP contribution >= 0.6 is 0 Å². The summed E-state index contributed by atoms with van der Waals surface area (Å²) in [4.78, 5) is 87.3. The van der Waals surface area contributed by atoms with Crippen molar-refractivity contribution in [2.75, 3.05) is 14.2 Å². The van der Waals surface area contributed by atoms with Gasteiger partial charge in [0.05, 0.1) is 25.3 Å². The molecule has 2 atom stereocenters. The number of carboxylic acids is 1. The van der Waals surface area contributed by atoms with E-state index in [-0.39, 0.29) is 39.7 Å². The van der Waals surface area contributed by atoms with Gasteiger partial charge in [0.2, 0.25) is 12.2 Å². The molecule has 0 bridgehead atoms. The first-order valence-corrected chi connectivity index (χ1v) is 13.8. The van der Waals surface area contributed by atoms with Crippen LogP contribution in [0.3, 0.4) is 0 Å². The Kier molecular flexibility index (Phi) is 12.2. The first kappa shape index (κ1) is 36.0. The van der Waals surface area contributed by atoms with Crippen molar-refractivity contribution in [2.24, 2.45) is 0 Å². The number of hydrogen-bond donors (Lipinski definition) is 3. The minimum absolute atomic E-state index is 0.0536. The Balaban J connectivity index is 1.94. The molecule has 0 heterocycles. The molecule has 0 spiro atoms. The van der Waals surface area contributed by atoms with Crippen molar-refractivity contribution in [2.45, 2.75) is 33.0 Å². The first-order chi connectivity index (χ1) is 22.7. The van der Waals surface area contributed by atoms with Crippen molar-refractivity contribution >= 4 is 41.7 Å². The number of amides is 2. The Morgan fingerprint density at radius 3 is 1.46 bits per heavy atom. The molecule has 3 rings (SSSR count). The molecule has 3 aromatic carbocycles. The van der Waals surface area contributed by atoms with Gasteiger partial charge in [-0.1, -0.05) is 17.7 Å². The third-order valence-electron chi connectivity index (χ3n) is 6.16. The minimum atomic E-state index is -2.47. The number of hydrazine groups is 1. The van der Waals surface area contributed by atoms with E-state index >= 15 is 0 Å². The Labute approximate surface area is 272 Å². The summed E-state index contributed by atoms with van der Waals surface area (Å²) in [6.07, 6.45) is -4.86. The molecule has 0 saturated carbocycles. The number of aliphatic carboxylic acids is 1. The molecule has 0 aliphatic heterocycles. The lowest BCUT2D eigenvalue weighted by molar-refractivity contribution is -0.159. The molecule has 0 aliphatic carbocycles. The zero-order valence-electron chi connectivity index (χ0n) is 26.2. The van der Waals surface area contributed by atoms with Crippen LogP contribution in [0.4, 0.5) is 0 Å². The zero-order chi connectivity index (χ0) is 35.5. The predicted octanol–water partition coefficient (Wildman–Crippen LogP) is 2.16. The molecule has 0 fully saturated rings. The molecule has 16 heteroatoms. The third kappa shape index (κ3) is 9.53. The van der Waals surface area contributed by atoms with E-state index in [2.05, 4.69) is 5.43 Å². The summed E-state index contributed by atoms with van der Waals surface area (Å²) in [5, 5.41) is 10.0. The summed E-state index contributed by atoms with van der Waals surface area (Å²) in [6, 6.07) is 13.0. The number of esters is 4. The minimum Gasteiger partial charge on any atom is -0.493 e. The second-order valence-corrected chi connectivity index (χ2v) is 9.72. The summed E-state index contributed by atoms with van der Waals surface area (Å²) < 4.78 is 30.6. The van der Waals surface area contributed by atoms with E-state index in [9.17, 15) is 38.7 Å². The molecule has 0 unspecified atom stereocenters. The lowest BCUT2D eigenvalue weighted by atomic mass is 10.1. The van der Waals surface area contributed by atoms with Crippen LogP contribution in [0.15, 0.2) is 60.7 Å². The average molecular weight is 667 g/mol. The van der Waals surface area contributed by atoms with Gasteiger partial charge in [0.15, 0.2) is 23.0 Å². The van der Waals surface area contributed by atoms with Gasteiger partial charge in [0, 0.05) is 19.4 Å². The number of carbonyl (C=O) groups is 7. The van der Waals surface area contributed by atoms with Crippen molar-refractivity contribution in [3.8, 4) is 23.0 Å². The molecule has 252 valence electrons. The van der Waals surface area contributed by atoms with Crippen molar-refractivity contribution in [3.05, 3.63) is 82.9 Å². The maximum Gasteiger partial charge on any atom is 0.349 e. The molecule has 3 aromatic rings. The highest BCUT2D eigenvalue weighted by atomic mass is 16.6. The van der Waals surface area contributed by atoms with Gasteiger partial charge in [-0.3, -0.25) is 30.0 Å². The number of benzene rings is 3. The molecule has 2 amide bonds. The monoisotopic (exact) mass is 666 g/mol. The van der Waals surface area contributed by atoms with Crippen molar-refractivity contribution in [3.63, 3.8) is 0 Å². The van der Waals surface area contributed by atoms with Gasteiger partial charge in [-0.05, 0) is 55.5 Å². The van der Waals surface area contributed by atoms with Crippen LogP contribution in [0.5, 0.6) is 23.0 Å². The summed E-state index contributed by atoms with van der Waals surface area (Å²) in [5.41, 5.74) is 4.46. The van der Waals surface area contributed by atoms with Gasteiger partial charge in [0.1, 0.15) is 0 Å². The average Bonchev–Trinajstić information content (AvgIpc) is 3.04. The first-order valence-electron chi connectivity index (χ1n) is 13.8. The number of carboxylic acid groups (broad SMARTS) is 1. The fraction of sp³-hybridized carbons (Fsp3) is 0.219. The van der Waals surface area contributed by atoms with E-state index in [1.165, 1.54) is 38.5 Å². The molecule has 3 N–H and O–H groups in total. The van der Waals surface area contributed by atoms with Gasteiger partial charge >= 0.3 is 29.8 Å². The number of methoxy groups -OCH3 is 2. The molecule has 0 aliphatic rings. The number of aryl methyl sites for hydroxylation is 1. The molecular formula is C32H30N2O14. The Bertz CT molecular complexity index is 1730. The van der Waals surface area contributed by atoms with E-state index in [0.717, 1.165) is 43.7 Å². The van der Waals surface area contributed by atoms with Crippen LogP contribution in [0.25, 0.3) is 0 Å². The molecule has 0 saturated heterocycles. The molecule has 0 aromatic heterocycles. The van der Waals surface area contributed by atoms with Gasteiger partial charge in [-0.15, -0.1) is 0 Å². The Hall–Kier alpha value is -6.45. The van der Waals surface area contributed by atoms with E-state index in [0.29, 0.717) is 0 Å². The normalized spacial score (nSPS) is 11.5. The number of hydrogen-bond acceptors (Lipinski definition) is 13. The van der Waals surface area contributed by atoms with Crippen molar-refractivity contribution < 1.29 is 67.1 Å². The molecule has 48 heavy (non-hydrogen) atoms. The number of nitrogens with one attached hydrogen (secondary N) is 2. The third-order valence-corrected chi connectivity index (χ3v) is 6.16. The van der Waals surface area contributed by atoms with Gasteiger partial charge < -0.3 is 33.5 Å². The largest absolute Gasteiger partial charge is 0.493 e. The fourth-order valence-electron chi connectivity index (χ4n) is 3.90. The predicted molar refractivity (Wildman–Crippen MR) is 161 cm³/mol. The van der Waals surface area contributed by atoms with Crippen LogP contribution in [-0.2, 0) is 28.7 Å². The highest BCUT2D eigenvalue weighted by Crippen LogP contribution is 2.30. The van der Waals surface area contributed by atoms with Crippen LogP contribution in [-0.4, -0.2) is 73.2 Å². The SMILES string of the molecule is COc1cc(C(=O)O[C@H](C(=O)O)[C@@H](OC(=O)c2ccc(OC(C)=O)c(OC)c2)C(=O)NNC(=O)c2ccc(C)cc2)ccc1OC(C)=O. The summed E-state index contributed by atoms with van der Waals surface area (Å²) in [5.74, 6) is -8.34. The van der Waals surface area contributed by atoms with E-state index in [4.69, 9.17) is 28.4 Å².